The first kappa shape index (κ1) is 16.0. The third-order valence-corrected chi connectivity index (χ3v) is 3.26. The highest BCUT2D eigenvalue weighted by atomic mass is 16.5. The van der Waals surface area contributed by atoms with Crippen LogP contribution in [0.1, 0.15) is 23.6 Å². The second-order valence-electron chi connectivity index (χ2n) is 5.02. The Bertz CT molecular complexity index is 502. The van der Waals surface area contributed by atoms with Crippen LogP contribution in [0.3, 0.4) is 0 Å². The first-order chi connectivity index (χ1) is 9.27. The van der Waals surface area contributed by atoms with Crippen molar-refractivity contribution in [1.29, 1.82) is 0 Å². The van der Waals surface area contributed by atoms with Crippen LogP contribution in [0.5, 0.6) is 5.75 Å². The molecule has 0 heterocycles. The zero-order valence-corrected chi connectivity index (χ0v) is 12.6. The van der Waals surface area contributed by atoms with Crippen LogP contribution < -0.4 is 4.74 Å². The van der Waals surface area contributed by atoms with Crippen molar-refractivity contribution in [2.75, 3.05) is 14.2 Å². The summed E-state index contributed by atoms with van der Waals surface area (Å²) in [5.74, 6) is -1.70. The Hall–Kier alpha value is -2.04. The fraction of sp³-hybridized carbons (Fsp3) is 0.467. The quantitative estimate of drug-likeness (QED) is 0.837. The van der Waals surface area contributed by atoms with Crippen LogP contribution in [0.25, 0.3) is 0 Å². The van der Waals surface area contributed by atoms with E-state index in [2.05, 4.69) is 0 Å². The second kappa shape index (κ2) is 6.41. The number of rotatable bonds is 5. The zero-order valence-electron chi connectivity index (χ0n) is 12.6. The Morgan fingerprint density at radius 1 is 1.30 bits per heavy atom. The number of benzene rings is 1. The highest BCUT2D eigenvalue weighted by Crippen LogP contribution is 2.25. The van der Waals surface area contributed by atoms with Gasteiger partial charge in [-0.05, 0) is 37.5 Å². The Morgan fingerprint density at radius 3 is 2.20 bits per heavy atom. The molecular formula is C15H21NO4. The van der Waals surface area contributed by atoms with E-state index < -0.39 is 17.8 Å². The van der Waals surface area contributed by atoms with E-state index in [1.165, 1.54) is 11.8 Å². The van der Waals surface area contributed by atoms with Crippen LogP contribution in [-0.4, -0.2) is 36.0 Å². The van der Waals surface area contributed by atoms with Crippen LogP contribution in [0, 0.1) is 19.8 Å². The number of amides is 1. The van der Waals surface area contributed by atoms with Gasteiger partial charge in [-0.3, -0.25) is 9.59 Å². The number of methoxy groups -OCH3 is 1. The van der Waals surface area contributed by atoms with E-state index >= 15 is 0 Å². The molecule has 1 amide bonds. The summed E-state index contributed by atoms with van der Waals surface area (Å²) in [4.78, 5) is 24.2. The van der Waals surface area contributed by atoms with E-state index in [0.717, 1.165) is 22.4 Å². The highest BCUT2D eigenvalue weighted by Gasteiger charge is 2.24. The van der Waals surface area contributed by atoms with Crippen molar-refractivity contribution >= 4 is 11.9 Å². The van der Waals surface area contributed by atoms with Crippen LogP contribution in [-0.2, 0) is 16.1 Å². The van der Waals surface area contributed by atoms with Crippen LogP contribution in [0.2, 0.25) is 0 Å². The monoisotopic (exact) mass is 279 g/mol. The number of nitrogens with zero attached hydrogens (tertiary/aromatic N) is 1. The minimum absolute atomic E-state index is 0.377. The predicted octanol–water partition coefficient (Wildman–Crippen LogP) is 1.99. The van der Waals surface area contributed by atoms with Gasteiger partial charge in [0.2, 0.25) is 5.91 Å². The van der Waals surface area contributed by atoms with Crippen LogP contribution >= 0.6 is 0 Å². The molecule has 0 aliphatic heterocycles. The molecule has 1 aromatic carbocycles. The molecule has 0 radical (unpaired) electrons. The zero-order chi connectivity index (χ0) is 15.4. The lowest BCUT2D eigenvalue weighted by Crippen LogP contribution is -2.35. The largest absolute Gasteiger partial charge is 0.496 e. The number of ether oxygens (including phenoxy) is 1. The van der Waals surface area contributed by atoms with E-state index in [4.69, 9.17) is 9.84 Å². The molecule has 0 fully saturated rings. The third kappa shape index (κ3) is 3.50. The molecule has 1 atom stereocenters. The molecule has 1 N–H and O–H groups in total. The average Bonchev–Trinajstić information content (AvgIpc) is 2.36. The number of aliphatic carboxylic acids is 1. The van der Waals surface area contributed by atoms with Gasteiger partial charge in [-0.2, -0.15) is 0 Å². The summed E-state index contributed by atoms with van der Waals surface area (Å²) in [6.45, 7) is 5.65. The van der Waals surface area contributed by atoms with Crippen LogP contribution in [0.4, 0.5) is 0 Å². The average molecular weight is 279 g/mol. The summed E-state index contributed by atoms with van der Waals surface area (Å²) >= 11 is 0. The minimum Gasteiger partial charge on any atom is -0.496 e. The summed E-state index contributed by atoms with van der Waals surface area (Å²) < 4.78 is 5.29. The van der Waals surface area contributed by atoms with Gasteiger partial charge in [0, 0.05) is 13.6 Å². The number of hydrogen-bond donors (Lipinski definition) is 1. The van der Waals surface area contributed by atoms with E-state index in [0.29, 0.717) is 6.54 Å². The number of carbonyl (C=O) groups is 2. The van der Waals surface area contributed by atoms with Crippen molar-refractivity contribution in [1.82, 2.24) is 4.90 Å². The molecule has 0 saturated carbocycles. The summed E-state index contributed by atoms with van der Waals surface area (Å²) in [5.41, 5.74) is 2.94. The number of hydrogen-bond acceptors (Lipinski definition) is 3. The van der Waals surface area contributed by atoms with Gasteiger partial charge in [0.25, 0.3) is 0 Å². The molecule has 0 aliphatic carbocycles. The van der Waals surface area contributed by atoms with Gasteiger partial charge < -0.3 is 14.7 Å². The molecule has 5 heteroatoms. The fourth-order valence-corrected chi connectivity index (χ4v) is 2.24. The lowest BCUT2D eigenvalue weighted by atomic mass is 10.0. The first-order valence-electron chi connectivity index (χ1n) is 6.39. The molecule has 110 valence electrons. The van der Waals surface area contributed by atoms with Gasteiger partial charge in [0.05, 0.1) is 7.11 Å². The Labute approximate surface area is 119 Å². The predicted molar refractivity (Wildman–Crippen MR) is 75.7 cm³/mol. The SMILES string of the molecule is COc1c(C)cc(CN(C)C(=O)C(C)C(=O)O)cc1C. The van der Waals surface area contributed by atoms with E-state index in [-0.39, 0.29) is 0 Å². The molecule has 0 saturated heterocycles. The van der Waals surface area contributed by atoms with E-state index in [9.17, 15) is 9.59 Å². The molecule has 20 heavy (non-hydrogen) atoms. The van der Waals surface area contributed by atoms with Gasteiger partial charge in [-0.25, -0.2) is 0 Å². The van der Waals surface area contributed by atoms with Gasteiger partial charge >= 0.3 is 5.97 Å². The Kier molecular flexibility index (Phi) is 5.13. The maximum absolute atomic E-state index is 11.9. The maximum atomic E-state index is 11.9. The Balaban J connectivity index is 2.89. The lowest BCUT2D eigenvalue weighted by Gasteiger charge is -2.20. The van der Waals surface area contributed by atoms with Crippen molar-refractivity contribution < 1.29 is 19.4 Å². The molecule has 1 rings (SSSR count). The van der Waals surface area contributed by atoms with Gasteiger partial charge in [-0.1, -0.05) is 12.1 Å². The van der Waals surface area contributed by atoms with Crippen molar-refractivity contribution in [2.45, 2.75) is 27.3 Å². The fourth-order valence-electron chi connectivity index (χ4n) is 2.24. The van der Waals surface area contributed by atoms with Gasteiger partial charge in [0.1, 0.15) is 11.7 Å². The maximum Gasteiger partial charge on any atom is 0.315 e. The first-order valence-corrected chi connectivity index (χ1v) is 6.39. The summed E-state index contributed by atoms with van der Waals surface area (Å²) in [6, 6.07) is 3.89. The third-order valence-electron chi connectivity index (χ3n) is 3.26. The Morgan fingerprint density at radius 2 is 1.80 bits per heavy atom. The van der Waals surface area contributed by atoms with Crippen LogP contribution in [0.15, 0.2) is 12.1 Å². The second-order valence-corrected chi connectivity index (χ2v) is 5.02. The number of carbonyl (C=O) groups excluding carboxylic acids is 1. The lowest BCUT2D eigenvalue weighted by molar-refractivity contribution is -0.149. The molecule has 0 aliphatic rings. The summed E-state index contributed by atoms with van der Waals surface area (Å²) in [5, 5.41) is 8.86. The molecule has 0 aromatic heterocycles. The molecule has 0 spiro atoms. The van der Waals surface area contributed by atoms with E-state index in [1.807, 2.05) is 26.0 Å². The highest BCUT2D eigenvalue weighted by molar-refractivity contribution is 5.96. The molecule has 5 nitrogen and oxygen atoms in total. The topological polar surface area (TPSA) is 66.8 Å². The standard InChI is InChI=1S/C15H21NO4/c1-9-6-12(7-10(2)13(9)20-5)8-16(4)14(17)11(3)15(18)19/h6-7,11H,8H2,1-5H3,(H,18,19). The minimum atomic E-state index is -1.11. The number of aryl methyl sites for hydroxylation is 2. The van der Waals surface area contributed by atoms with Crippen molar-refractivity contribution in [3.05, 3.63) is 28.8 Å². The van der Waals surface area contributed by atoms with E-state index in [1.54, 1.807) is 14.2 Å². The molecule has 1 unspecified atom stereocenters. The molecular weight excluding hydrogens is 258 g/mol. The van der Waals surface area contributed by atoms with Gasteiger partial charge in [-0.15, -0.1) is 0 Å². The van der Waals surface area contributed by atoms with Crippen molar-refractivity contribution in [3.63, 3.8) is 0 Å². The summed E-state index contributed by atoms with van der Waals surface area (Å²) in [7, 11) is 3.23. The van der Waals surface area contributed by atoms with Crippen molar-refractivity contribution in [2.24, 2.45) is 5.92 Å². The molecule has 1 aromatic rings. The van der Waals surface area contributed by atoms with Crippen molar-refractivity contribution in [3.8, 4) is 5.75 Å². The smallest absolute Gasteiger partial charge is 0.315 e. The molecule has 0 bridgehead atoms. The van der Waals surface area contributed by atoms with Gasteiger partial charge in [0.15, 0.2) is 0 Å². The number of carboxylic acids is 1. The number of carboxylic acid groups (broad SMARTS) is 1. The summed E-state index contributed by atoms with van der Waals surface area (Å²) in [6.07, 6.45) is 0. The normalized spacial score (nSPS) is 11.8.